The smallest absolute Gasteiger partial charge is 0.308 e. The Morgan fingerprint density at radius 2 is 1.97 bits per heavy atom. The number of anilines is 1. The van der Waals surface area contributed by atoms with Gasteiger partial charge in [0, 0.05) is 30.9 Å². The van der Waals surface area contributed by atoms with Gasteiger partial charge in [-0.05, 0) is 63.4 Å². The van der Waals surface area contributed by atoms with Crippen LogP contribution in [-0.2, 0) is 16.4 Å². The van der Waals surface area contributed by atoms with Gasteiger partial charge in [0.25, 0.3) is 0 Å². The van der Waals surface area contributed by atoms with Gasteiger partial charge in [-0.3, -0.25) is 9.36 Å². The Labute approximate surface area is 181 Å². The molecule has 4 rings (SSSR count). The number of benzene rings is 2. The van der Waals surface area contributed by atoms with E-state index in [1.165, 1.54) is 11.3 Å². The molecule has 1 atom stereocenters. The van der Waals surface area contributed by atoms with E-state index in [0.717, 1.165) is 36.2 Å². The molecule has 1 aromatic heterocycles. The number of nitrogens with one attached hydrogen (secondary N) is 1. The van der Waals surface area contributed by atoms with Gasteiger partial charge in [-0.25, -0.2) is 13.1 Å². The number of sulfonamides is 1. The summed E-state index contributed by atoms with van der Waals surface area (Å²) in [6, 6.07) is 13.8. The van der Waals surface area contributed by atoms with Crippen LogP contribution in [0.5, 0.6) is 0 Å². The lowest BCUT2D eigenvalue weighted by Crippen LogP contribution is -2.33. The number of hydrogen-bond donors (Lipinski definition) is 1. The summed E-state index contributed by atoms with van der Waals surface area (Å²) in [7, 11) is -3.62. The summed E-state index contributed by atoms with van der Waals surface area (Å²) in [6.45, 7) is 7.26. The largest absolute Gasteiger partial charge is 0.368 e. The average Bonchev–Trinajstić information content (AvgIpc) is 3.19. The van der Waals surface area contributed by atoms with Gasteiger partial charge >= 0.3 is 4.87 Å². The first-order valence-electron chi connectivity index (χ1n) is 10.3. The van der Waals surface area contributed by atoms with Gasteiger partial charge in [-0.15, -0.1) is 0 Å². The van der Waals surface area contributed by atoms with Crippen molar-refractivity contribution in [2.75, 3.05) is 18.0 Å². The van der Waals surface area contributed by atoms with E-state index in [1.54, 1.807) is 22.8 Å². The van der Waals surface area contributed by atoms with Crippen LogP contribution in [0.2, 0.25) is 0 Å². The van der Waals surface area contributed by atoms with Gasteiger partial charge in [0.2, 0.25) is 10.0 Å². The highest BCUT2D eigenvalue weighted by atomic mass is 32.2. The van der Waals surface area contributed by atoms with E-state index in [-0.39, 0.29) is 15.8 Å². The minimum absolute atomic E-state index is 0.0324. The summed E-state index contributed by atoms with van der Waals surface area (Å²) in [6.07, 6.45) is 1.75. The average molecular weight is 446 g/mol. The predicted octanol–water partition coefficient (Wildman–Crippen LogP) is 3.76. The van der Waals surface area contributed by atoms with Gasteiger partial charge in [0.15, 0.2) is 0 Å². The Morgan fingerprint density at radius 1 is 1.20 bits per heavy atom. The second-order valence-corrected chi connectivity index (χ2v) is 10.8. The zero-order chi connectivity index (χ0) is 21.5. The number of para-hydroxylation sites is 1. The molecular weight excluding hydrogens is 418 g/mol. The molecule has 0 spiro atoms. The molecular formula is C22H27N3O3S2. The molecule has 2 heterocycles. The Bertz CT molecular complexity index is 1230. The Morgan fingerprint density at radius 3 is 2.73 bits per heavy atom. The van der Waals surface area contributed by atoms with Crippen molar-refractivity contribution in [3.8, 4) is 0 Å². The molecule has 1 aliphatic rings. The zero-order valence-corrected chi connectivity index (χ0v) is 19.1. The molecule has 0 bridgehead atoms. The van der Waals surface area contributed by atoms with Gasteiger partial charge in [-0.2, -0.15) is 0 Å². The van der Waals surface area contributed by atoms with E-state index >= 15 is 0 Å². The minimum atomic E-state index is -3.62. The number of aromatic nitrogens is 1. The van der Waals surface area contributed by atoms with E-state index in [2.05, 4.69) is 34.7 Å². The molecule has 0 saturated carbocycles. The van der Waals surface area contributed by atoms with Crippen LogP contribution in [0.25, 0.3) is 10.2 Å². The van der Waals surface area contributed by atoms with Gasteiger partial charge < -0.3 is 4.90 Å². The Hall–Kier alpha value is -2.16. The molecule has 1 N–H and O–H groups in total. The summed E-state index contributed by atoms with van der Waals surface area (Å²) in [5.74, 6) is 0. The monoisotopic (exact) mass is 445 g/mol. The molecule has 0 amide bonds. The highest BCUT2D eigenvalue weighted by Gasteiger charge is 2.25. The van der Waals surface area contributed by atoms with Crippen LogP contribution in [0.1, 0.15) is 38.8 Å². The van der Waals surface area contributed by atoms with Crippen molar-refractivity contribution < 1.29 is 8.42 Å². The van der Waals surface area contributed by atoms with Crippen molar-refractivity contribution in [1.82, 2.24) is 9.29 Å². The molecule has 2 aromatic carbocycles. The lowest BCUT2D eigenvalue weighted by molar-refractivity contribution is 0.575. The van der Waals surface area contributed by atoms with Crippen molar-refractivity contribution in [2.45, 2.75) is 50.6 Å². The molecule has 3 aromatic rings. The van der Waals surface area contributed by atoms with Crippen molar-refractivity contribution in [1.29, 1.82) is 0 Å². The third-order valence-corrected chi connectivity index (χ3v) is 8.00. The standard InChI is InChI=1S/C22H27N3O3S2/c1-15(2)25-20-10-9-18(14-21(20)29-22(25)26)30(27,28)23-11-6-12-24-16(3)13-17-7-4-5-8-19(17)24/h4-5,7-10,14-16,23H,6,11-13H2,1-3H3/t16-/m1/s1. The lowest BCUT2D eigenvalue weighted by atomic mass is 10.1. The van der Waals surface area contributed by atoms with E-state index in [9.17, 15) is 13.2 Å². The molecule has 0 unspecified atom stereocenters. The second-order valence-electron chi connectivity index (χ2n) is 8.09. The molecule has 1 aliphatic heterocycles. The van der Waals surface area contributed by atoms with E-state index in [1.807, 2.05) is 19.9 Å². The summed E-state index contributed by atoms with van der Waals surface area (Å²) >= 11 is 1.08. The van der Waals surface area contributed by atoms with Crippen molar-refractivity contribution in [2.24, 2.45) is 0 Å². The number of hydrogen-bond acceptors (Lipinski definition) is 5. The molecule has 0 saturated heterocycles. The number of fused-ring (bicyclic) bond motifs is 2. The van der Waals surface area contributed by atoms with Crippen LogP contribution in [0.4, 0.5) is 5.69 Å². The molecule has 8 heteroatoms. The minimum Gasteiger partial charge on any atom is -0.368 e. The second kappa shape index (κ2) is 8.17. The number of nitrogens with zero attached hydrogens (tertiary/aromatic N) is 2. The maximum absolute atomic E-state index is 12.8. The SMILES string of the molecule is CC(C)n1c(=O)sc2cc(S(=O)(=O)NCCCN3c4ccccc4C[C@H]3C)ccc21. The third-order valence-electron chi connectivity index (χ3n) is 5.63. The fraction of sp³-hybridized carbons (Fsp3) is 0.409. The van der Waals surface area contributed by atoms with Crippen molar-refractivity contribution >= 4 is 37.3 Å². The summed E-state index contributed by atoms with van der Waals surface area (Å²) < 4.78 is 30.6. The van der Waals surface area contributed by atoms with Crippen LogP contribution >= 0.6 is 11.3 Å². The molecule has 6 nitrogen and oxygen atoms in total. The maximum atomic E-state index is 12.8. The molecule has 0 fully saturated rings. The highest BCUT2D eigenvalue weighted by molar-refractivity contribution is 7.89. The molecule has 0 radical (unpaired) electrons. The number of thiazole rings is 1. The Kier molecular flexibility index (Phi) is 5.74. The zero-order valence-electron chi connectivity index (χ0n) is 17.5. The quantitative estimate of drug-likeness (QED) is 0.562. The van der Waals surface area contributed by atoms with Crippen molar-refractivity contribution in [3.63, 3.8) is 0 Å². The number of rotatable bonds is 7. The Balaban J connectivity index is 1.42. The molecule has 0 aliphatic carbocycles. The fourth-order valence-electron chi connectivity index (χ4n) is 4.18. The first-order chi connectivity index (χ1) is 14.3. The lowest BCUT2D eigenvalue weighted by Gasteiger charge is -2.24. The van der Waals surface area contributed by atoms with E-state index in [4.69, 9.17) is 0 Å². The molecule has 30 heavy (non-hydrogen) atoms. The van der Waals surface area contributed by atoms with E-state index < -0.39 is 10.0 Å². The topological polar surface area (TPSA) is 71.4 Å². The van der Waals surface area contributed by atoms with Crippen LogP contribution in [0, 0.1) is 0 Å². The predicted molar refractivity (Wildman–Crippen MR) is 123 cm³/mol. The first-order valence-corrected chi connectivity index (χ1v) is 12.6. The van der Waals surface area contributed by atoms with Crippen LogP contribution in [0.15, 0.2) is 52.2 Å². The van der Waals surface area contributed by atoms with Gasteiger partial charge in [0.05, 0.1) is 15.1 Å². The maximum Gasteiger partial charge on any atom is 0.308 e. The van der Waals surface area contributed by atoms with Gasteiger partial charge in [-0.1, -0.05) is 29.5 Å². The highest BCUT2D eigenvalue weighted by Crippen LogP contribution is 2.31. The van der Waals surface area contributed by atoms with E-state index in [0.29, 0.717) is 17.3 Å². The third kappa shape index (κ3) is 3.91. The van der Waals surface area contributed by atoms with Crippen molar-refractivity contribution in [3.05, 3.63) is 57.7 Å². The van der Waals surface area contributed by atoms with Crippen LogP contribution in [-0.4, -0.2) is 32.1 Å². The summed E-state index contributed by atoms with van der Waals surface area (Å²) in [5, 5.41) is 0. The van der Waals surface area contributed by atoms with Gasteiger partial charge in [0.1, 0.15) is 0 Å². The summed E-state index contributed by atoms with van der Waals surface area (Å²) in [4.78, 5) is 14.7. The van der Waals surface area contributed by atoms with Crippen LogP contribution in [0.3, 0.4) is 0 Å². The normalized spacial score (nSPS) is 16.5. The first kappa shape index (κ1) is 21.1. The fourth-order valence-corrected chi connectivity index (χ4v) is 6.41. The van der Waals surface area contributed by atoms with Crippen LogP contribution < -0.4 is 14.5 Å². The molecule has 160 valence electrons. The summed E-state index contributed by atoms with van der Waals surface area (Å²) in [5.41, 5.74) is 3.38.